The maximum absolute atomic E-state index is 13.0. The molecular weight excluding hydrogens is 440 g/mol. The molecule has 3 fully saturated rings. The Kier molecular flexibility index (Phi) is 5.69. The van der Waals surface area contributed by atoms with Gasteiger partial charge in [0.05, 0.1) is 36.8 Å². The van der Waals surface area contributed by atoms with Gasteiger partial charge in [0.1, 0.15) is 23.9 Å². The Bertz CT molecular complexity index is 987. The van der Waals surface area contributed by atoms with Gasteiger partial charge in [0.15, 0.2) is 5.79 Å². The molecule has 0 radical (unpaired) electrons. The Balaban J connectivity index is 1.40. The minimum Gasteiger partial charge on any atom is -0.443 e. The van der Waals surface area contributed by atoms with E-state index in [9.17, 15) is 9.59 Å². The summed E-state index contributed by atoms with van der Waals surface area (Å²) in [6, 6.07) is 9.45. The summed E-state index contributed by atoms with van der Waals surface area (Å²) in [5.41, 5.74) is 0.963. The van der Waals surface area contributed by atoms with Gasteiger partial charge in [-0.25, -0.2) is 9.69 Å². The van der Waals surface area contributed by atoms with Crippen molar-refractivity contribution in [3.05, 3.63) is 35.9 Å². The molecule has 0 spiro atoms. The lowest BCUT2D eigenvalue weighted by Gasteiger charge is -2.35. The van der Waals surface area contributed by atoms with Crippen LogP contribution in [0.25, 0.3) is 0 Å². The monoisotopic (exact) mass is 472 g/mol. The summed E-state index contributed by atoms with van der Waals surface area (Å²) in [5, 5.41) is 4.39. The molecule has 4 aliphatic rings. The Hall–Kier alpha value is -2.49. The van der Waals surface area contributed by atoms with Crippen LogP contribution in [0, 0.1) is 11.8 Å². The van der Waals surface area contributed by atoms with E-state index in [1.807, 2.05) is 44.2 Å². The normalized spacial score (nSPS) is 32.4. The molecule has 1 aromatic carbocycles. The predicted octanol–water partition coefficient (Wildman–Crippen LogP) is 3.26. The Morgan fingerprint density at radius 2 is 2.00 bits per heavy atom. The van der Waals surface area contributed by atoms with Gasteiger partial charge in [-0.1, -0.05) is 35.5 Å². The highest BCUT2D eigenvalue weighted by Crippen LogP contribution is 2.49. The molecule has 0 unspecified atom stereocenters. The zero-order chi connectivity index (χ0) is 24.3. The van der Waals surface area contributed by atoms with E-state index in [-0.39, 0.29) is 11.8 Å². The van der Waals surface area contributed by atoms with Gasteiger partial charge in [0, 0.05) is 0 Å². The first-order chi connectivity index (χ1) is 16.0. The minimum absolute atomic E-state index is 0.264. The molecule has 1 saturated carbocycles. The van der Waals surface area contributed by atoms with Crippen LogP contribution in [0.3, 0.4) is 0 Å². The van der Waals surface area contributed by atoms with Crippen molar-refractivity contribution in [2.24, 2.45) is 17.0 Å². The Morgan fingerprint density at radius 3 is 2.65 bits per heavy atom. The molecule has 9 nitrogen and oxygen atoms in total. The number of imide groups is 1. The number of hydrogen-bond acceptors (Lipinski definition) is 8. The fourth-order valence-electron chi connectivity index (χ4n) is 5.33. The summed E-state index contributed by atoms with van der Waals surface area (Å²) in [5.74, 6) is -1.72. The van der Waals surface area contributed by atoms with E-state index in [0.717, 1.165) is 5.56 Å². The van der Waals surface area contributed by atoms with Crippen molar-refractivity contribution in [3.8, 4) is 0 Å². The van der Waals surface area contributed by atoms with Gasteiger partial charge in [0.25, 0.3) is 0 Å². The molecule has 9 heteroatoms. The molecule has 1 aromatic rings. The van der Waals surface area contributed by atoms with Crippen molar-refractivity contribution in [2.75, 3.05) is 6.61 Å². The van der Waals surface area contributed by atoms with Gasteiger partial charge in [0.2, 0.25) is 5.91 Å². The van der Waals surface area contributed by atoms with Crippen LogP contribution < -0.4 is 0 Å². The zero-order valence-corrected chi connectivity index (χ0v) is 20.2. The van der Waals surface area contributed by atoms with Crippen molar-refractivity contribution in [2.45, 2.75) is 83.4 Å². The molecule has 0 N–H and O–H groups in total. The number of ether oxygens (including phenoxy) is 4. The highest BCUT2D eigenvalue weighted by molar-refractivity contribution is 6.02. The van der Waals surface area contributed by atoms with Crippen molar-refractivity contribution in [1.29, 1.82) is 0 Å². The van der Waals surface area contributed by atoms with E-state index in [4.69, 9.17) is 23.8 Å². The molecular formula is C25H32N2O7. The van der Waals surface area contributed by atoms with Crippen molar-refractivity contribution >= 4 is 17.7 Å². The van der Waals surface area contributed by atoms with Crippen LogP contribution in [0.1, 0.15) is 46.6 Å². The number of carbonyl (C=O) groups excluding carboxylic acids is 2. The third-order valence-electron chi connectivity index (χ3n) is 6.69. The average molecular weight is 473 g/mol. The number of benzene rings is 1. The van der Waals surface area contributed by atoms with E-state index >= 15 is 0 Å². The van der Waals surface area contributed by atoms with Crippen LogP contribution in [0.5, 0.6) is 0 Å². The van der Waals surface area contributed by atoms with Crippen LogP contribution in [0.4, 0.5) is 4.79 Å². The second-order valence-corrected chi connectivity index (χ2v) is 10.8. The summed E-state index contributed by atoms with van der Waals surface area (Å²) in [4.78, 5) is 32.9. The van der Waals surface area contributed by atoms with Gasteiger partial charge >= 0.3 is 6.09 Å². The second-order valence-electron chi connectivity index (χ2n) is 10.8. The van der Waals surface area contributed by atoms with E-state index in [0.29, 0.717) is 25.3 Å². The molecule has 3 aliphatic heterocycles. The van der Waals surface area contributed by atoms with E-state index < -0.39 is 47.8 Å². The summed E-state index contributed by atoms with van der Waals surface area (Å²) >= 11 is 0. The third-order valence-corrected chi connectivity index (χ3v) is 6.69. The number of piperidine rings is 1. The van der Waals surface area contributed by atoms with E-state index in [2.05, 4.69) is 5.16 Å². The second kappa shape index (κ2) is 8.32. The first-order valence-corrected chi connectivity index (χ1v) is 11.8. The fourth-order valence-corrected chi connectivity index (χ4v) is 5.33. The van der Waals surface area contributed by atoms with Gasteiger partial charge in [-0.3, -0.25) is 4.79 Å². The smallest absolute Gasteiger partial charge is 0.417 e. The van der Waals surface area contributed by atoms with Crippen LogP contribution in [-0.4, -0.2) is 65.0 Å². The first-order valence-electron chi connectivity index (χ1n) is 11.8. The lowest BCUT2D eigenvalue weighted by molar-refractivity contribution is -0.151. The number of likely N-dealkylation sites (tertiary alicyclic amines) is 1. The van der Waals surface area contributed by atoms with Gasteiger partial charge < -0.3 is 23.8 Å². The molecule has 3 heterocycles. The lowest BCUT2D eigenvalue weighted by atomic mass is 9.86. The summed E-state index contributed by atoms with van der Waals surface area (Å²) < 4.78 is 23.9. The predicted molar refractivity (Wildman–Crippen MR) is 121 cm³/mol. The maximum atomic E-state index is 13.0. The fraction of sp³-hybridized carbons (Fsp3) is 0.640. The van der Waals surface area contributed by atoms with Gasteiger partial charge in [-0.05, 0) is 46.6 Å². The average Bonchev–Trinajstić information content (AvgIpc) is 3.49. The first kappa shape index (κ1) is 23.3. The standard InChI is InChI=1S/C25H32N2O7/c1-24(2,3)33-23(29)27-16-11-15(22(27)28)20-18(16)19(26-34-20)21(17-13-31-25(4,5)32-17)30-12-14-9-7-6-8-10-14/h6-10,15-18,20-21H,11-13H2,1-5H3/t15-,16+,17+,18+,20+,21+/m0/s1. The molecule has 0 aromatic heterocycles. The molecule has 6 atom stereocenters. The van der Waals surface area contributed by atoms with Gasteiger partial charge in [-0.2, -0.15) is 0 Å². The quantitative estimate of drug-likeness (QED) is 0.649. The highest BCUT2D eigenvalue weighted by atomic mass is 16.7. The maximum Gasteiger partial charge on any atom is 0.417 e. The molecule has 5 rings (SSSR count). The van der Waals surface area contributed by atoms with Crippen LogP contribution in [-0.2, 0) is 35.2 Å². The Labute approximate surface area is 199 Å². The SMILES string of the molecule is CC(C)(C)OC(=O)N1C(=O)[C@H]2C[C@@H]1[C@@H]1C([C@H](OCc3ccccc3)[C@H]3COC(C)(C)O3)=NO[C@@H]12. The number of nitrogens with zero attached hydrogens (tertiary/aromatic N) is 2. The molecule has 34 heavy (non-hydrogen) atoms. The Morgan fingerprint density at radius 1 is 1.26 bits per heavy atom. The van der Waals surface area contributed by atoms with Gasteiger partial charge in [-0.15, -0.1) is 0 Å². The van der Waals surface area contributed by atoms with Crippen molar-refractivity contribution in [1.82, 2.24) is 4.90 Å². The largest absolute Gasteiger partial charge is 0.443 e. The van der Waals surface area contributed by atoms with E-state index in [1.165, 1.54) is 4.90 Å². The van der Waals surface area contributed by atoms with Crippen LogP contribution in [0.15, 0.2) is 35.5 Å². The zero-order valence-electron chi connectivity index (χ0n) is 20.2. The van der Waals surface area contributed by atoms with Crippen molar-refractivity contribution < 1.29 is 33.4 Å². The van der Waals surface area contributed by atoms with Crippen LogP contribution >= 0.6 is 0 Å². The van der Waals surface area contributed by atoms with Crippen LogP contribution in [0.2, 0.25) is 0 Å². The molecule has 2 saturated heterocycles. The summed E-state index contributed by atoms with van der Waals surface area (Å²) in [6.07, 6.45) is -1.47. The number of rotatable bonds is 5. The molecule has 2 amide bonds. The number of carbonyl (C=O) groups is 2. The number of amides is 2. The van der Waals surface area contributed by atoms with E-state index in [1.54, 1.807) is 20.8 Å². The topological polar surface area (TPSA) is 95.9 Å². The minimum atomic E-state index is -0.744. The molecule has 1 aliphatic carbocycles. The molecule has 184 valence electrons. The lowest BCUT2D eigenvalue weighted by Crippen LogP contribution is -2.55. The summed E-state index contributed by atoms with van der Waals surface area (Å²) in [7, 11) is 0. The summed E-state index contributed by atoms with van der Waals surface area (Å²) in [6.45, 7) is 9.76. The number of oxime groups is 1. The number of hydrogen-bond donors (Lipinski definition) is 0. The third kappa shape index (κ3) is 4.21. The number of fused-ring (bicyclic) bond motifs is 5. The highest BCUT2D eigenvalue weighted by Gasteiger charge is 2.65. The molecule has 2 bridgehead atoms. The van der Waals surface area contributed by atoms with Crippen molar-refractivity contribution in [3.63, 3.8) is 0 Å².